The third kappa shape index (κ3) is 2.26. The van der Waals surface area contributed by atoms with Crippen molar-refractivity contribution in [3.63, 3.8) is 0 Å². The van der Waals surface area contributed by atoms with Crippen molar-refractivity contribution >= 4 is 5.91 Å². The smallest absolute Gasteiger partial charge is 0.225 e. The summed E-state index contributed by atoms with van der Waals surface area (Å²) in [6.45, 7) is 1.57. The summed E-state index contributed by atoms with van der Waals surface area (Å²) in [5.74, 6) is 0.788. The number of hydrogen-bond acceptors (Lipinski definition) is 1. The van der Waals surface area contributed by atoms with Gasteiger partial charge < -0.3 is 4.90 Å². The molecule has 1 aromatic carbocycles. The molecule has 0 radical (unpaired) electrons. The highest BCUT2D eigenvalue weighted by molar-refractivity contribution is 5.81. The van der Waals surface area contributed by atoms with Gasteiger partial charge >= 0.3 is 0 Å². The number of amides is 1. The highest BCUT2D eigenvalue weighted by Crippen LogP contribution is 2.34. The first-order valence-electron chi connectivity index (χ1n) is 6.79. The predicted octanol–water partition coefficient (Wildman–Crippen LogP) is 2.94. The summed E-state index contributed by atoms with van der Waals surface area (Å²) in [4.78, 5) is 13.9. The van der Waals surface area contributed by atoms with Crippen LogP contribution in [0.5, 0.6) is 0 Å². The molecule has 0 aromatic heterocycles. The van der Waals surface area contributed by atoms with Crippen LogP contribution < -0.4 is 0 Å². The Kier molecular flexibility index (Phi) is 3.06. The van der Waals surface area contributed by atoms with Crippen LogP contribution in [0.1, 0.15) is 37.2 Å². The largest absolute Gasteiger partial charge is 0.342 e. The molecule has 1 aliphatic heterocycles. The maximum Gasteiger partial charge on any atom is 0.225 e. The normalized spacial score (nSPS) is 21.1. The molecule has 2 fully saturated rings. The van der Waals surface area contributed by atoms with Gasteiger partial charge in [0.15, 0.2) is 0 Å². The second kappa shape index (κ2) is 4.71. The van der Waals surface area contributed by atoms with Gasteiger partial charge in [-0.1, -0.05) is 18.2 Å². The van der Waals surface area contributed by atoms with E-state index in [0.717, 1.165) is 44.3 Å². The van der Waals surface area contributed by atoms with Gasteiger partial charge in [-0.2, -0.15) is 0 Å². The average Bonchev–Trinajstić information content (AvgIpc) is 3.23. The molecule has 96 valence electrons. The molecular formula is C15H18FNO. The summed E-state index contributed by atoms with van der Waals surface area (Å²) >= 11 is 0. The highest BCUT2D eigenvalue weighted by Gasteiger charge is 2.35. The summed E-state index contributed by atoms with van der Waals surface area (Å²) in [6.07, 6.45) is 3.90. The van der Waals surface area contributed by atoms with Gasteiger partial charge in [-0.15, -0.1) is 0 Å². The molecule has 2 nitrogen and oxygen atoms in total. The SMILES string of the molecule is O=C(C1CC1)N1CCC(c2ccccc2F)CC1. The first-order chi connectivity index (χ1) is 8.75. The fraction of sp³-hybridized carbons (Fsp3) is 0.533. The van der Waals surface area contributed by atoms with Crippen LogP contribution >= 0.6 is 0 Å². The van der Waals surface area contributed by atoms with Gasteiger partial charge in [-0.3, -0.25) is 4.79 Å². The molecule has 1 saturated heterocycles. The Morgan fingerprint density at radius 1 is 1.11 bits per heavy atom. The van der Waals surface area contributed by atoms with Crippen LogP contribution in [0.2, 0.25) is 0 Å². The zero-order valence-electron chi connectivity index (χ0n) is 10.4. The van der Waals surface area contributed by atoms with E-state index in [0.29, 0.717) is 11.8 Å². The lowest BCUT2D eigenvalue weighted by molar-refractivity contribution is -0.133. The standard InChI is InChI=1S/C15H18FNO/c16-14-4-2-1-3-13(14)11-7-9-17(10-8-11)15(18)12-5-6-12/h1-4,11-12H,5-10H2. The molecule has 0 N–H and O–H groups in total. The molecule has 1 saturated carbocycles. The van der Waals surface area contributed by atoms with Crippen LogP contribution in [0.3, 0.4) is 0 Å². The van der Waals surface area contributed by atoms with Crippen molar-refractivity contribution in [3.8, 4) is 0 Å². The van der Waals surface area contributed by atoms with Crippen molar-refractivity contribution in [2.24, 2.45) is 5.92 Å². The maximum atomic E-state index is 13.7. The average molecular weight is 247 g/mol. The summed E-state index contributed by atoms with van der Waals surface area (Å²) in [5.41, 5.74) is 0.816. The molecule has 0 unspecified atom stereocenters. The van der Waals surface area contributed by atoms with E-state index in [-0.39, 0.29) is 11.7 Å². The van der Waals surface area contributed by atoms with Gasteiger partial charge in [0.1, 0.15) is 5.82 Å². The summed E-state index contributed by atoms with van der Waals surface area (Å²) in [5, 5.41) is 0. The van der Waals surface area contributed by atoms with E-state index < -0.39 is 0 Å². The molecule has 1 amide bonds. The summed E-state index contributed by atoms with van der Waals surface area (Å²) in [7, 11) is 0. The van der Waals surface area contributed by atoms with Gasteiger partial charge in [0.05, 0.1) is 0 Å². The quantitative estimate of drug-likeness (QED) is 0.787. The Morgan fingerprint density at radius 3 is 2.39 bits per heavy atom. The van der Waals surface area contributed by atoms with Gasteiger partial charge in [-0.25, -0.2) is 4.39 Å². The number of piperidine rings is 1. The van der Waals surface area contributed by atoms with E-state index in [1.54, 1.807) is 6.07 Å². The van der Waals surface area contributed by atoms with Gasteiger partial charge in [0.2, 0.25) is 5.91 Å². The molecule has 18 heavy (non-hydrogen) atoms. The lowest BCUT2D eigenvalue weighted by Crippen LogP contribution is -2.38. The van der Waals surface area contributed by atoms with Crippen LogP contribution in [0.4, 0.5) is 4.39 Å². The molecule has 0 spiro atoms. The van der Waals surface area contributed by atoms with Gasteiger partial charge in [-0.05, 0) is 43.2 Å². The fourth-order valence-electron chi connectivity index (χ4n) is 2.81. The zero-order valence-corrected chi connectivity index (χ0v) is 10.4. The number of rotatable bonds is 2. The van der Waals surface area contributed by atoms with E-state index in [9.17, 15) is 9.18 Å². The summed E-state index contributed by atoms with van der Waals surface area (Å²) < 4.78 is 13.7. The van der Waals surface area contributed by atoms with Crippen molar-refractivity contribution in [2.75, 3.05) is 13.1 Å². The van der Waals surface area contributed by atoms with E-state index in [1.165, 1.54) is 6.07 Å². The van der Waals surface area contributed by atoms with Crippen LogP contribution in [0, 0.1) is 11.7 Å². The number of benzene rings is 1. The number of carbonyl (C=O) groups is 1. The Bertz CT molecular complexity index is 448. The first-order valence-corrected chi connectivity index (χ1v) is 6.79. The van der Waals surface area contributed by atoms with E-state index in [1.807, 2.05) is 17.0 Å². The molecule has 1 aliphatic carbocycles. The van der Waals surface area contributed by atoms with Crippen molar-refractivity contribution in [1.29, 1.82) is 0 Å². The van der Waals surface area contributed by atoms with Crippen LogP contribution in [0.15, 0.2) is 24.3 Å². The minimum atomic E-state index is -0.107. The Hall–Kier alpha value is -1.38. The Balaban J connectivity index is 1.63. The molecule has 0 bridgehead atoms. The molecule has 3 heteroatoms. The van der Waals surface area contributed by atoms with Gasteiger partial charge in [0, 0.05) is 19.0 Å². The predicted molar refractivity (Wildman–Crippen MR) is 67.7 cm³/mol. The van der Waals surface area contributed by atoms with Crippen LogP contribution in [-0.4, -0.2) is 23.9 Å². The van der Waals surface area contributed by atoms with Gasteiger partial charge in [0.25, 0.3) is 0 Å². The topological polar surface area (TPSA) is 20.3 Å². The molecule has 2 aliphatic rings. The van der Waals surface area contributed by atoms with E-state index in [2.05, 4.69) is 0 Å². The lowest BCUT2D eigenvalue weighted by Gasteiger charge is -2.32. The monoisotopic (exact) mass is 247 g/mol. The highest BCUT2D eigenvalue weighted by atomic mass is 19.1. The van der Waals surface area contributed by atoms with Crippen LogP contribution in [-0.2, 0) is 4.79 Å². The molecule has 1 heterocycles. The Labute approximate surface area is 107 Å². The number of carbonyl (C=O) groups excluding carboxylic acids is 1. The lowest BCUT2D eigenvalue weighted by atomic mass is 9.89. The minimum absolute atomic E-state index is 0.107. The number of halogens is 1. The zero-order chi connectivity index (χ0) is 12.5. The number of likely N-dealkylation sites (tertiary alicyclic amines) is 1. The van der Waals surface area contributed by atoms with Crippen molar-refractivity contribution in [3.05, 3.63) is 35.6 Å². The molecular weight excluding hydrogens is 229 g/mol. The number of nitrogens with zero attached hydrogens (tertiary/aromatic N) is 1. The molecule has 3 rings (SSSR count). The third-order valence-electron chi connectivity index (χ3n) is 4.08. The Morgan fingerprint density at radius 2 is 1.78 bits per heavy atom. The molecule has 0 atom stereocenters. The van der Waals surface area contributed by atoms with Crippen LogP contribution in [0.25, 0.3) is 0 Å². The van der Waals surface area contributed by atoms with E-state index in [4.69, 9.17) is 0 Å². The van der Waals surface area contributed by atoms with Crippen molar-refractivity contribution in [2.45, 2.75) is 31.6 Å². The maximum absolute atomic E-state index is 13.7. The number of hydrogen-bond donors (Lipinski definition) is 0. The van der Waals surface area contributed by atoms with Crippen molar-refractivity contribution in [1.82, 2.24) is 4.90 Å². The first kappa shape index (κ1) is 11.7. The third-order valence-corrected chi connectivity index (χ3v) is 4.08. The minimum Gasteiger partial charge on any atom is -0.342 e. The second-order valence-corrected chi connectivity index (χ2v) is 5.40. The van der Waals surface area contributed by atoms with Crippen molar-refractivity contribution < 1.29 is 9.18 Å². The summed E-state index contributed by atoms with van der Waals surface area (Å²) in [6, 6.07) is 7.01. The second-order valence-electron chi connectivity index (χ2n) is 5.40. The fourth-order valence-corrected chi connectivity index (χ4v) is 2.81. The van der Waals surface area contributed by atoms with E-state index >= 15 is 0 Å². The molecule has 1 aromatic rings.